The Morgan fingerprint density at radius 2 is 1.84 bits per heavy atom. The molecular formula is C30H39N4O4+. The van der Waals surface area contributed by atoms with Gasteiger partial charge in [-0.25, -0.2) is 0 Å². The van der Waals surface area contributed by atoms with Crippen molar-refractivity contribution in [2.75, 3.05) is 19.7 Å². The van der Waals surface area contributed by atoms with Crippen LogP contribution in [0.4, 0.5) is 0 Å². The number of quaternary nitrogens is 1. The van der Waals surface area contributed by atoms with E-state index < -0.39 is 17.0 Å². The highest BCUT2D eigenvalue weighted by Gasteiger charge is 2.46. The van der Waals surface area contributed by atoms with Crippen molar-refractivity contribution in [3.05, 3.63) is 71.9 Å². The first-order valence-electron chi connectivity index (χ1n) is 13.3. The van der Waals surface area contributed by atoms with Gasteiger partial charge in [-0.05, 0) is 57.2 Å². The zero-order valence-corrected chi connectivity index (χ0v) is 22.6. The summed E-state index contributed by atoms with van der Waals surface area (Å²) in [5.74, 6) is -0.777. The monoisotopic (exact) mass is 519 g/mol. The van der Waals surface area contributed by atoms with E-state index in [0.717, 1.165) is 22.0 Å². The quantitative estimate of drug-likeness (QED) is 0.377. The molecule has 4 rings (SSSR count). The van der Waals surface area contributed by atoms with Crippen LogP contribution in [0.2, 0.25) is 0 Å². The SMILES string of the molecule is CCOC(=O)[C@]1(Cc2ccccc2)CCCN(C(=O)[C@@H](Cc2c[nH]c3ccccc23)NC(=O)C(C)(C)[NH3+])C1. The van der Waals surface area contributed by atoms with Crippen LogP contribution in [0.5, 0.6) is 0 Å². The number of amides is 2. The number of ether oxygens (including phenoxy) is 1. The number of likely N-dealkylation sites (tertiary alicyclic amines) is 1. The van der Waals surface area contributed by atoms with Gasteiger partial charge in [0.05, 0.1) is 12.0 Å². The minimum Gasteiger partial charge on any atom is -0.466 e. The molecule has 0 aliphatic carbocycles. The molecule has 2 amide bonds. The van der Waals surface area contributed by atoms with Gasteiger partial charge < -0.3 is 25.7 Å². The number of H-pyrrole nitrogens is 1. The number of carbonyl (C=O) groups excluding carboxylic acids is 3. The van der Waals surface area contributed by atoms with Gasteiger partial charge in [-0.2, -0.15) is 0 Å². The Balaban J connectivity index is 1.63. The van der Waals surface area contributed by atoms with Crippen LogP contribution in [-0.4, -0.2) is 58.9 Å². The van der Waals surface area contributed by atoms with Gasteiger partial charge in [0.1, 0.15) is 6.04 Å². The van der Waals surface area contributed by atoms with Crippen molar-refractivity contribution >= 4 is 28.7 Å². The Kier molecular flexibility index (Phi) is 8.21. The molecule has 1 saturated heterocycles. The number of aromatic nitrogens is 1. The number of hydrogen-bond acceptors (Lipinski definition) is 4. The number of nitrogens with zero attached hydrogens (tertiary/aromatic N) is 1. The smallest absolute Gasteiger partial charge is 0.314 e. The number of rotatable bonds is 9. The first-order valence-corrected chi connectivity index (χ1v) is 13.3. The van der Waals surface area contributed by atoms with Gasteiger partial charge in [0, 0.05) is 36.6 Å². The number of hydrogen-bond donors (Lipinski definition) is 3. The van der Waals surface area contributed by atoms with Gasteiger partial charge >= 0.3 is 5.97 Å². The summed E-state index contributed by atoms with van der Waals surface area (Å²) in [6.45, 7) is 6.29. The van der Waals surface area contributed by atoms with Gasteiger partial charge in [-0.1, -0.05) is 48.5 Å². The number of aromatic amines is 1. The Morgan fingerprint density at radius 3 is 2.55 bits per heavy atom. The summed E-state index contributed by atoms with van der Waals surface area (Å²) in [7, 11) is 0. The van der Waals surface area contributed by atoms with Crippen molar-refractivity contribution in [1.29, 1.82) is 0 Å². The summed E-state index contributed by atoms with van der Waals surface area (Å²) in [5, 5.41) is 3.98. The third-order valence-electron chi connectivity index (χ3n) is 7.30. The molecule has 3 aromatic rings. The van der Waals surface area contributed by atoms with Crippen LogP contribution in [0.25, 0.3) is 10.9 Å². The topological polar surface area (TPSA) is 119 Å². The fourth-order valence-electron chi connectivity index (χ4n) is 5.27. The van der Waals surface area contributed by atoms with E-state index in [1.54, 1.807) is 25.7 Å². The van der Waals surface area contributed by atoms with Gasteiger partial charge in [0.25, 0.3) is 5.91 Å². The molecule has 1 aromatic heterocycles. The minimum atomic E-state index is -0.900. The maximum absolute atomic E-state index is 14.1. The molecule has 2 atom stereocenters. The molecule has 38 heavy (non-hydrogen) atoms. The number of fused-ring (bicyclic) bond motifs is 1. The van der Waals surface area contributed by atoms with Crippen molar-refractivity contribution in [2.45, 2.75) is 58.0 Å². The second-order valence-electron chi connectivity index (χ2n) is 11.0. The predicted molar refractivity (Wildman–Crippen MR) is 146 cm³/mol. The van der Waals surface area contributed by atoms with E-state index in [1.165, 1.54) is 0 Å². The normalized spacial score (nSPS) is 18.7. The standard InChI is InChI=1S/C30H38N4O4/c1-4-38-28(37)30(18-21-11-6-5-7-12-21)15-10-16-34(20-30)26(35)25(33-27(36)29(2,3)31)17-22-19-32-24-14-9-8-13-23(22)24/h5-9,11-14,19,25,32H,4,10,15-18,20,31H2,1-3H3,(H,33,36)/p+1/t25-,30+/m1/s1. The molecule has 1 aliphatic heterocycles. The zero-order valence-electron chi connectivity index (χ0n) is 22.6. The molecule has 5 N–H and O–H groups in total. The molecule has 0 bridgehead atoms. The molecule has 202 valence electrons. The van der Waals surface area contributed by atoms with E-state index in [2.05, 4.69) is 16.0 Å². The maximum atomic E-state index is 14.1. The fraction of sp³-hybridized carbons (Fsp3) is 0.433. The molecule has 0 unspecified atom stereocenters. The number of carbonyl (C=O) groups is 3. The summed E-state index contributed by atoms with van der Waals surface area (Å²) < 4.78 is 5.53. The van der Waals surface area contributed by atoms with Crippen LogP contribution in [0, 0.1) is 5.41 Å². The second kappa shape index (κ2) is 11.4. The van der Waals surface area contributed by atoms with Crippen LogP contribution in [0.3, 0.4) is 0 Å². The Bertz CT molecular complexity index is 1280. The summed E-state index contributed by atoms with van der Waals surface area (Å²) in [4.78, 5) is 45.4. The average Bonchev–Trinajstić information content (AvgIpc) is 3.31. The maximum Gasteiger partial charge on any atom is 0.314 e. The lowest BCUT2D eigenvalue weighted by atomic mass is 9.75. The summed E-state index contributed by atoms with van der Waals surface area (Å²) >= 11 is 0. The summed E-state index contributed by atoms with van der Waals surface area (Å²) in [5.41, 5.74) is 5.15. The minimum absolute atomic E-state index is 0.200. The molecule has 0 spiro atoms. The van der Waals surface area contributed by atoms with Crippen LogP contribution in [0.1, 0.15) is 44.7 Å². The molecule has 8 heteroatoms. The first-order chi connectivity index (χ1) is 18.1. The van der Waals surface area contributed by atoms with E-state index in [0.29, 0.717) is 32.2 Å². The molecule has 8 nitrogen and oxygen atoms in total. The Labute approximate surface area is 223 Å². The molecular weight excluding hydrogens is 480 g/mol. The Hall–Kier alpha value is -3.65. The van der Waals surface area contributed by atoms with Crippen molar-refractivity contribution < 1.29 is 24.9 Å². The molecule has 2 heterocycles. The molecule has 1 fully saturated rings. The molecule has 2 aromatic carbocycles. The number of nitrogens with one attached hydrogen (secondary N) is 2. The van der Waals surface area contributed by atoms with Crippen LogP contribution >= 0.6 is 0 Å². The zero-order chi connectivity index (χ0) is 27.3. The van der Waals surface area contributed by atoms with Crippen molar-refractivity contribution in [3.63, 3.8) is 0 Å². The Morgan fingerprint density at radius 1 is 1.13 bits per heavy atom. The van der Waals surface area contributed by atoms with Crippen molar-refractivity contribution in [3.8, 4) is 0 Å². The van der Waals surface area contributed by atoms with Crippen LogP contribution in [0.15, 0.2) is 60.8 Å². The van der Waals surface area contributed by atoms with E-state index in [9.17, 15) is 14.4 Å². The number of benzene rings is 2. The highest BCUT2D eigenvalue weighted by molar-refractivity contribution is 5.92. The number of para-hydroxylation sites is 1. The molecule has 0 radical (unpaired) electrons. The number of esters is 1. The van der Waals surface area contributed by atoms with E-state index in [4.69, 9.17) is 4.74 Å². The second-order valence-corrected chi connectivity index (χ2v) is 11.0. The highest BCUT2D eigenvalue weighted by Crippen LogP contribution is 2.36. The van der Waals surface area contributed by atoms with E-state index >= 15 is 0 Å². The van der Waals surface area contributed by atoms with E-state index in [1.807, 2.05) is 60.8 Å². The summed E-state index contributed by atoms with van der Waals surface area (Å²) in [6, 6.07) is 16.9. The van der Waals surface area contributed by atoms with Gasteiger partial charge in [-0.3, -0.25) is 14.4 Å². The number of piperidine rings is 1. The van der Waals surface area contributed by atoms with Crippen molar-refractivity contribution in [1.82, 2.24) is 15.2 Å². The van der Waals surface area contributed by atoms with Crippen molar-refractivity contribution in [2.24, 2.45) is 5.41 Å². The lowest BCUT2D eigenvalue weighted by Gasteiger charge is -2.42. The fourth-order valence-corrected chi connectivity index (χ4v) is 5.27. The molecule has 0 saturated carbocycles. The first kappa shape index (κ1) is 27.4. The molecule has 1 aliphatic rings. The van der Waals surface area contributed by atoms with Gasteiger partial charge in [-0.15, -0.1) is 0 Å². The lowest BCUT2D eigenvalue weighted by Crippen LogP contribution is -2.76. The lowest BCUT2D eigenvalue weighted by molar-refractivity contribution is -0.446. The van der Waals surface area contributed by atoms with Gasteiger partial charge in [0.2, 0.25) is 5.91 Å². The summed E-state index contributed by atoms with van der Waals surface area (Å²) in [6.07, 6.45) is 4.01. The third kappa shape index (κ3) is 6.07. The predicted octanol–water partition coefficient (Wildman–Crippen LogP) is 2.63. The third-order valence-corrected chi connectivity index (χ3v) is 7.30. The largest absolute Gasteiger partial charge is 0.466 e. The van der Waals surface area contributed by atoms with Crippen LogP contribution < -0.4 is 11.1 Å². The van der Waals surface area contributed by atoms with E-state index in [-0.39, 0.29) is 30.9 Å². The van der Waals surface area contributed by atoms with Crippen LogP contribution in [-0.2, 0) is 32.0 Å². The average molecular weight is 520 g/mol. The highest BCUT2D eigenvalue weighted by atomic mass is 16.5. The van der Waals surface area contributed by atoms with Gasteiger partial charge in [0.15, 0.2) is 5.54 Å².